The van der Waals surface area contributed by atoms with Crippen molar-refractivity contribution in [2.75, 3.05) is 13.1 Å². The lowest BCUT2D eigenvalue weighted by Gasteiger charge is -2.32. The van der Waals surface area contributed by atoms with Crippen LogP contribution in [-0.2, 0) is 14.0 Å². The highest BCUT2D eigenvalue weighted by molar-refractivity contribution is 6.65. The maximum Gasteiger partial charge on any atom is 0.495 e. The number of hydrogen-bond acceptors (Lipinski definition) is 5. The third-order valence-corrected chi connectivity index (χ3v) is 6.28. The molecule has 0 aromatic carbocycles. The first-order valence-corrected chi connectivity index (χ1v) is 10.9. The average Bonchev–Trinajstić information content (AvgIpc) is 3.18. The van der Waals surface area contributed by atoms with E-state index in [4.69, 9.17) is 14.0 Å². The van der Waals surface area contributed by atoms with E-state index in [1.165, 1.54) is 0 Å². The van der Waals surface area contributed by atoms with Crippen LogP contribution in [0.25, 0.3) is 16.6 Å². The zero-order valence-corrected chi connectivity index (χ0v) is 19.5. The van der Waals surface area contributed by atoms with E-state index >= 15 is 0 Å². The Bertz CT molecular complexity index is 1020. The lowest BCUT2D eigenvalue weighted by Crippen LogP contribution is -2.41. The Balaban J connectivity index is 1.56. The minimum atomic E-state index is -0.492. The van der Waals surface area contributed by atoms with Gasteiger partial charge < -0.3 is 23.9 Å². The van der Waals surface area contributed by atoms with Crippen LogP contribution in [0.3, 0.4) is 0 Å². The van der Waals surface area contributed by atoms with Gasteiger partial charge in [-0.05, 0) is 78.1 Å². The summed E-state index contributed by atoms with van der Waals surface area (Å²) >= 11 is 0. The van der Waals surface area contributed by atoms with Crippen molar-refractivity contribution in [1.29, 1.82) is 0 Å². The van der Waals surface area contributed by atoms with Gasteiger partial charge in [0.15, 0.2) is 0 Å². The molecule has 0 aliphatic carbocycles. The molecule has 0 atom stereocenters. The molecule has 1 saturated heterocycles. The normalized spacial score (nSPS) is 20.8. The summed E-state index contributed by atoms with van der Waals surface area (Å²) in [5.41, 5.74) is 2.66. The van der Waals surface area contributed by atoms with Crippen LogP contribution in [0.4, 0.5) is 4.79 Å². The van der Waals surface area contributed by atoms with Gasteiger partial charge in [-0.1, -0.05) is 6.08 Å². The molecular weight excluding hydrogens is 393 g/mol. The van der Waals surface area contributed by atoms with Crippen LogP contribution in [0.15, 0.2) is 24.4 Å². The van der Waals surface area contributed by atoms with Crippen molar-refractivity contribution in [3.8, 4) is 0 Å². The fourth-order valence-corrected chi connectivity index (χ4v) is 3.80. The Hall–Kier alpha value is -2.32. The van der Waals surface area contributed by atoms with Crippen LogP contribution >= 0.6 is 0 Å². The zero-order chi connectivity index (χ0) is 22.6. The molecule has 31 heavy (non-hydrogen) atoms. The van der Waals surface area contributed by atoms with Crippen LogP contribution in [0.2, 0.25) is 0 Å². The first-order valence-electron chi connectivity index (χ1n) is 10.9. The van der Waals surface area contributed by atoms with Gasteiger partial charge >= 0.3 is 13.2 Å². The van der Waals surface area contributed by atoms with Crippen molar-refractivity contribution in [3.63, 3.8) is 0 Å². The SMILES string of the molecule is CC(C)(C)OC(=O)N1CC=C(c2cc3c(B4OC(C)(C)C(C)(C)O4)ccnc3[nH]2)CC1. The van der Waals surface area contributed by atoms with Crippen LogP contribution in [0, 0.1) is 0 Å². The van der Waals surface area contributed by atoms with Crippen molar-refractivity contribution < 1.29 is 18.8 Å². The number of aromatic nitrogens is 2. The summed E-state index contributed by atoms with van der Waals surface area (Å²) in [6.45, 7) is 15.0. The second-order valence-corrected chi connectivity index (χ2v) is 10.3. The largest absolute Gasteiger partial charge is 0.495 e. The third kappa shape index (κ3) is 4.23. The van der Waals surface area contributed by atoms with Gasteiger partial charge in [0, 0.05) is 30.4 Å². The van der Waals surface area contributed by atoms with Crippen molar-refractivity contribution >= 4 is 35.3 Å². The fourth-order valence-electron chi connectivity index (χ4n) is 3.80. The van der Waals surface area contributed by atoms with Gasteiger partial charge in [-0.2, -0.15) is 0 Å². The number of aromatic amines is 1. The number of carbonyl (C=O) groups excluding carboxylic acids is 1. The standard InChI is InChI=1S/C23H32BN3O4/c1-21(2,3)29-20(28)27-12-9-15(10-13-27)18-14-16-17(8-11-25-19(16)26-18)24-30-22(4,5)23(6,7)31-24/h8-9,11,14H,10,12-13H2,1-7H3,(H,25,26). The first-order chi connectivity index (χ1) is 14.4. The van der Waals surface area contributed by atoms with Crippen LogP contribution in [0.1, 0.15) is 60.6 Å². The number of nitrogens with zero attached hydrogens (tertiary/aromatic N) is 2. The van der Waals surface area contributed by atoms with Crippen molar-refractivity contribution in [3.05, 3.63) is 30.1 Å². The van der Waals surface area contributed by atoms with Crippen LogP contribution in [-0.4, -0.2) is 58.0 Å². The predicted molar refractivity (Wildman–Crippen MR) is 122 cm³/mol. The summed E-state index contributed by atoms with van der Waals surface area (Å²) in [5.74, 6) is 0. The van der Waals surface area contributed by atoms with E-state index in [-0.39, 0.29) is 6.09 Å². The van der Waals surface area contributed by atoms with Gasteiger partial charge in [-0.15, -0.1) is 0 Å². The van der Waals surface area contributed by atoms with Gasteiger partial charge in [-0.25, -0.2) is 9.78 Å². The topological polar surface area (TPSA) is 76.7 Å². The quantitative estimate of drug-likeness (QED) is 0.739. The van der Waals surface area contributed by atoms with Crippen LogP contribution in [0.5, 0.6) is 0 Å². The summed E-state index contributed by atoms with van der Waals surface area (Å²) in [7, 11) is -0.442. The minimum Gasteiger partial charge on any atom is -0.444 e. The Morgan fingerprint density at radius 3 is 2.48 bits per heavy atom. The summed E-state index contributed by atoms with van der Waals surface area (Å²) in [5, 5.41) is 0.992. The Morgan fingerprint density at radius 1 is 1.23 bits per heavy atom. The maximum atomic E-state index is 12.3. The number of hydrogen-bond donors (Lipinski definition) is 1. The fraction of sp³-hybridized carbons (Fsp3) is 0.565. The highest BCUT2D eigenvalue weighted by Crippen LogP contribution is 2.37. The van der Waals surface area contributed by atoms with Crippen molar-refractivity contribution in [2.45, 2.75) is 71.7 Å². The highest BCUT2D eigenvalue weighted by Gasteiger charge is 2.52. The molecular formula is C23H32BN3O4. The molecule has 1 amide bonds. The summed E-state index contributed by atoms with van der Waals surface area (Å²) in [4.78, 5) is 22.0. The van der Waals surface area contributed by atoms with Gasteiger partial charge in [0.25, 0.3) is 0 Å². The monoisotopic (exact) mass is 425 g/mol. The van der Waals surface area contributed by atoms with E-state index in [1.54, 1.807) is 11.1 Å². The lowest BCUT2D eigenvalue weighted by atomic mass is 9.78. The van der Waals surface area contributed by atoms with Crippen molar-refractivity contribution in [1.82, 2.24) is 14.9 Å². The first kappa shape index (κ1) is 21.9. The molecule has 2 aromatic rings. The number of carbonyl (C=O) groups is 1. The Kier molecular flexibility index (Phi) is 5.21. The predicted octanol–water partition coefficient (Wildman–Crippen LogP) is 3.89. The van der Waals surface area contributed by atoms with Gasteiger partial charge in [0.05, 0.1) is 11.2 Å². The van der Waals surface area contributed by atoms with E-state index in [0.29, 0.717) is 13.1 Å². The molecule has 1 fully saturated rings. The number of ether oxygens (including phenoxy) is 1. The summed E-state index contributed by atoms with van der Waals surface area (Å²) in [6.07, 6.45) is 4.33. The molecule has 8 heteroatoms. The Morgan fingerprint density at radius 2 is 1.90 bits per heavy atom. The molecule has 0 radical (unpaired) electrons. The highest BCUT2D eigenvalue weighted by atomic mass is 16.7. The molecule has 0 unspecified atom stereocenters. The molecule has 4 rings (SSSR count). The van der Waals surface area contributed by atoms with Gasteiger partial charge in [0.1, 0.15) is 11.2 Å². The number of H-pyrrole nitrogens is 1. The van der Waals surface area contributed by atoms with Crippen molar-refractivity contribution in [2.24, 2.45) is 0 Å². The number of rotatable bonds is 2. The smallest absolute Gasteiger partial charge is 0.444 e. The second-order valence-electron chi connectivity index (χ2n) is 10.3. The lowest BCUT2D eigenvalue weighted by molar-refractivity contribution is 0.00578. The molecule has 1 N–H and O–H groups in total. The average molecular weight is 425 g/mol. The summed E-state index contributed by atoms with van der Waals surface area (Å²) in [6, 6.07) is 4.07. The second kappa shape index (κ2) is 7.38. The number of nitrogens with one attached hydrogen (secondary N) is 1. The molecule has 2 aliphatic rings. The number of amides is 1. The molecule has 4 heterocycles. The molecule has 2 aliphatic heterocycles. The zero-order valence-electron chi connectivity index (χ0n) is 19.5. The van der Waals surface area contributed by atoms with Gasteiger partial charge in [0.2, 0.25) is 0 Å². The van der Waals surface area contributed by atoms with E-state index in [9.17, 15) is 4.79 Å². The van der Waals surface area contributed by atoms with E-state index in [0.717, 1.165) is 34.2 Å². The minimum absolute atomic E-state index is 0.274. The molecule has 2 aromatic heterocycles. The summed E-state index contributed by atoms with van der Waals surface area (Å²) < 4.78 is 18.0. The number of fused-ring (bicyclic) bond motifs is 1. The van der Waals surface area contributed by atoms with Gasteiger partial charge in [-0.3, -0.25) is 0 Å². The third-order valence-electron chi connectivity index (χ3n) is 6.28. The molecule has 0 bridgehead atoms. The number of pyridine rings is 1. The van der Waals surface area contributed by atoms with Crippen LogP contribution < -0.4 is 5.46 Å². The molecule has 0 saturated carbocycles. The van der Waals surface area contributed by atoms with E-state index in [1.807, 2.05) is 26.8 Å². The van der Waals surface area contributed by atoms with E-state index < -0.39 is 23.9 Å². The Labute approximate surface area is 184 Å². The molecule has 166 valence electrons. The molecule has 0 spiro atoms. The van der Waals surface area contributed by atoms with E-state index in [2.05, 4.69) is 49.8 Å². The molecule has 7 nitrogen and oxygen atoms in total. The maximum absolute atomic E-state index is 12.3.